The third-order valence-corrected chi connectivity index (χ3v) is 3.87. The highest BCUT2D eigenvalue weighted by molar-refractivity contribution is 7.17. The fourth-order valence-electron chi connectivity index (χ4n) is 1.84. The van der Waals surface area contributed by atoms with Gasteiger partial charge in [-0.1, -0.05) is 6.07 Å². The van der Waals surface area contributed by atoms with Crippen LogP contribution in [-0.2, 0) is 0 Å². The molecule has 2 rings (SSSR count). The summed E-state index contributed by atoms with van der Waals surface area (Å²) in [5.74, 6) is -0.0598. The number of nitrogens with zero attached hydrogens (tertiary/aromatic N) is 1. The van der Waals surface area contributed by atoms with Crippen LogP contribution in [0.1, 0.15) is 22.3 Å². The topological polar surface area (TPSA) is 71.5 Å². The van der Waals surface area contributed by atoms with Crippen LogP contribution in [-0.4, -0.2) is 24.7 Å². The SMILES string of the molecule is CCOc1c(OC)cccc1-c1nc(C)c(C(=O)[O-])s1. The first-order chi connectivity index (χ1) is 9.58. The summed E-state index contributed by atoms with van der Waals surface area (Å²) in [4.78, 5) is 15.4. The molecule has 1 heterocycles. The molecule has 0 saturated carbocycles. The van der Waals surface area contributed by atoms with Crippen molar-refractivity contribution >= 4 is 17.3 Å². The smallest absolute Gasteiger partial charge is 0.171 e. The maximum absolute atomic E-state index is 11.0. The summed E-state index contributed by atoms with van der Waals surface area (Å²) < 4.78 is 10.9. The van der Waals surface area contributed by atoms with Crippen molar-refractivity contribution in [2.75, 3.05) is 13.7 Å². The Labute approximate surface area is 120 Å². The highest BCUT2D eigenvalue weighted by Gasteiger charge is 2.17. The van der Waals surface area contributed by atoms with Gasteiger partial charge < -0.3 is 19.4 Å². The molecule has 0 aliphatic rings. The number of carbonyl (C=O) groups excluding carboxylic acids is 1. The van der Waals surface area contributed by atoms with E-state index >= 15 is 0 Å². The Hall–Kier alpha value is -2.08. The van der Waals surface area contributed by atoms with E-state index in [1.54, 1.807) is 20.1 Å². The minimum atomic E-state index is -1.22. The summed E-state index contributed by atoms with van der Waals surface area (Å²) in [7, 11) is 1.56. The number of methoxy groups -OCH3 is 1. The van der Waals surface area contributed by atoms with Crippen molar-refractivity contribution in [3.05, 3.63) is 28.8 Å². The second-order valence-corrected chi connectivity index (χ2v) is 4.99. The lowest BCUT2D eigenvalue weighted by molar-refractivity contribution is -0.254. The summed E-state index contributed by atoms with van der Waals surface area (Å²) in [5.41, 5.74) is 1.15. The Morgan fingerprint density at radius 2 is 2.20 bits per heavy atom. The molecule has 2 aromatic rings. The van der Waals surface area contributed by atoms with Gasteiger partial charge in [-0.05, 0) is 26.0 Å². The molecule has 0 unspecified atom stereocenters. The number of carbonyl (C=O) groups is 1. The number of aryl methyl sites for hydroxylation is 1. The highest BCUT2D eigenvalue weighted by atomic mass is 32.1. The van der Waals surface area contributed by atoms with Gasteiger partial charge in [0, 0.05) is 0 Å². The van der Waals surface area contributed by atoms with E-state index in [1.807, 2.05) is 19.1 Å². The average Bonchev–Trinajstić information content (AvgIpc) is 2.81. The van der Waals surface area contributed by atoms with Crippen molar-refractivity contribution in [2.45, 2.75) is 13.8 Å². The summed E-state index contributed by atoms with van der Waals surface area (Å²) in [5, 5.41) is 11.6. The number of rotatable bonds is 5. The molecule has 106 valence electrons. The van der Waals surface area contributed by atoms with E-state index < -0.39 is 5.97 Å². The van der Waals surface area contributed by atoms with Crippen LogP contribution in [0, 0.1) is 6.92 Å². The third kappa shape index (κ3) is 2.60. The fraction of sp³-hybridized carbons (Fsp3) is 0.286. The molecule has 0 bridgehead atoms. The first-order valence-electron chi connectivity index (χ1n) is 6.07. The maximum atomic E-state index is 11.0. The van der Waals surface area contributed by atoms with Gasteiger partial charge in [-0.3, -0.25) is 0 Å². The number of thiazole rings is 1. The van der Waals surface area contributed by atoms with Crippen LogP contribution < -0.4 is 14.6 Å². The van der Waals surface area contributed by atoms with Crippen molar-refractivity contribution in [3.8, 4) is 22.1 Å². The number of carboxylic acids is 1. The van der Waals surface area contributed by atoms with Gasteiger partial charge in [-0.2, -0.15) is 0 Å². The van der Waals surface area contributed by atoms with E-state index in [-0.39, 0.29) is 4.88 Å². The predicted octanol–water partition coefficient (Wildman–Crippen LogP) is 1.89. The first kappa shape index (κ1) is 14.3. The quantitative estimate of drug-likeness (QED) is 0.841. The van der Waals surface area contributed by atoms with Crippen LogP contribution >= 0.6 is 11.3 Å². The minimum absolute atomic E-state index is 0.130. The molecule has 0 aliphatic heterocycles. The Morgan fingerprint density at radius 1 is 1.45 bits per heavy atom. The summed E-state index contributed by atoms with van der Waals surface area (Å²) in [6.07, 6.45) is 0. The molecule has 20 heavy (non-hydrogen) atoms. The number of ether oxygens (including phenoxy) is 2. The summed E-state index contributed by atoms with van der Waals surface area (Å²) >= 11 is 1.07. The number of hydrogen-bond donors (Lipinski definition) is 0. The van der Waals surface area contributed by atoms with E-state index in [9.17, 15) is 9.90 Å². The van der Waals surface area contributed by atoms with Crippen LogP contribution in [0.15, 0.2) is 18.2 Å². The van der Waals surface area contributed by atoms with E-state index in [0.717, 1.165) is 11.3 Å². The van der Waals surface area contributed by atoms with Crippen molar-refractivity contribution in [2.24, 2.45) is 0 Å². The molecule has 0 spiro atoms. The zero-order valence-corrected chi connectivity index (χ0v) is 12.2. The summed E-state index contributed by atoms with van der Waals surface area (Å²) in [6.45, 7) is 3.99. The zero-order chi connectivity index (χ0) is 14.7. The normalized spacial score (nSPS) is 10.3. The van der Waals surface area contributed by atoms with Crippen molar-refractivity contribution in [1.29, 1.82) is 0 Å². The lowest BCUT2D eigenvalue weighted by atomic mass is 10.2. The summed E-state index contributed by atoms with van der Waals surface area (Å²) in [6, 6.07) is 5.42. The maximum Gasteiger partial charge on any atom is 0.171 e. The number of aromatic carboxylic acids is 1. The van der Waals surface area contributed by atoms with Crippen LogP contribution in [0.4, 0.5) is 0 Å². The van der Waals surface area contributed by atoms with Gasteiger partial charge in [0.2, 0.25) is 0 Å². The largest absolute Gasteiger partial charge is 0.544 e. The van der Waals surface area contributed by atoms with Crippen LogP contribution in [0.2, 0.25) is 0 Å². The van der Waals surface area contributed by atoms with Gasteiger partial charge in [0.15, 0.2) is 11.5 Å². The molecule has 5 nitrogen and oxygen atoms in total. The Balaban J connectivity index is 2.57. The molecule has 0 fully saturated rings. The second kappa shape index (κ2) is 5.92. The van der Waals surface area contributed by atoms with Gasteiger partial charge in [-0.25, -0.2) is 4.98 Å². The Kier molecular flexibility index (Phi) is 4.24. The molecule has 0 saturated heterocycles. The molecule has 0 aliphatic carbocycles. The Morgan fingerprint density at radius 3 is 2.75 bits per heavy atom. The monoisotopic (exact) mass is 292 g/mol. The van der Waals surface area contributed by atoms with Crippen molar-refractivity contribution in [3.63, 3.8) is 0 Å². The number of para-hydroxylation sites is 1. The molecule has 1 aromatic heterocycles. The average molecular weight is 292 g/mol. The van der Waals surface area contributed by atoms with E-state index in [2.05, 4.69) is 4.98 Å². The number of hydrogen-bond acceptors (Lipinski definition) is 6. The van der Waals surface area contributed by atoms with Crippen LogP contribution in [0.3, 0.4) is 0 Å². The molecular weight excluding hydrogens is 278 g/mol. The standard InChI is InChI=1S/C14H15NO4S/c1-4-19-11-9(6-5-7-10(11)18-3)13-15-8(2)12(20-13)14(16)17/h5-7H,4H2,1-3H3,(H,16,17)/p-1. The predicted molar refractivity (Wildman–Crippen MR) is 74.3 cm³/mol. The third-order valence-electron chi connectivity index (χ3n) is 2.70. The fourth-order valence-corrected chi connectivity index (χ4v) is 2.76. The van der Waals surface area contributed by atoms with Crippen LogP contribution in [0.25, 0.3) is 10.6 Å². The molecule has 0 radical (unpaired) electrons. The van der Waals surface area contributed by atoms with Gasteiger partial charge >= 0.3 is 0 Å². The lowest BCUT2D eigenvalue weighted by Gasteiger charge is -2.12. The van der Waals surface area contributed by atoms with Crippen molar-refractivity contribution < 1.29 is 19.4 Å². The number of benzene rings is 1. The first-order valence-corrected chi connectivity index (χ1v) is 6.89. The van der Waals surface area contributed by atoms with Crippen LogP contribution in [0.5, 0.6) is 11.5 Å². The minimum Gasteiger partial charge on any atom is -0.544 e. The number of aromatic nitrogens is 1. The lowest BCUT2D eigenvalue weighted by Crippen LogP contribution is -2.21. The van der Waals surface area contributed by atoms with E-state index in [0.29, 0.717) is 34.4 Å². The Bertz CT molecular complexity index is 636. The molecule has 6 heteroatoms. The molecule has 1 aromatic carbocycles. The van der Waals surface area contributed by atoms with Gasteiger partial charge in [0.1, 0.15) is 5.01 Å². The zero-order valence-electron chi connectivity index (χ0n) is 11.4. The van der Waals surface area contributed by atoms with Gasteiger partial charge in [0.25, 0.3) is 0 Å². The van der Waals surface area contributed by atoms with Gasteiger partial charge in [0.05, 0.1) is 35.8 Å². The molecular formula is C14H14NO4S-. The second-order valence-electron chi connectivity index (χ2n) is 3.99. The molecule has 0 N–H and O–H groups in total. The molecule has 0 amide bonds. The van der Waals surface area contributed by atoms with E-state index in [4.69, 9.17) is 9.47 Å². The van der Waals surface area contributed by atoms with E-state index in [1.165, 1.54) is 0 Å². The van der Waals surface area contributed by atoms with Crippen molar-refractivity contribution in [1.82, 2.24) is 4.98 Å². The number of carboxylic acid groups (broad SMARTS) is 1. The van der Waals surface area contributed by atoms with Gasteiger partial charge in [-0.15, -0.1) is 11.3 Å². The molecule has 0 atom stereocenters. The highest BCUT2D eigenvalue weighted by Crippen LogP contribution is 2.40.